The van der Waals surface area contributed by atoms with E-state index in [4.69, 9.17) is 0 Å². The zero-order chi connectivity index (χ0) is 17.8. The molecule has 0 fully saturated rings. The van der Waals surface area contributed by atoms with Crippen molar-refractivity contribution in [2.24, 2.45) is 0 Å². The molecule has 2 N–H and O–H groups in total. The molecular formula is C19H17FN4O. The quantitative estimate of drug-likeness (QED) is 0.748. The van der Waals surface area contributed by atoms with Gasteiger partial charge in [-0.05, 0) is 56.3 Å². The molecule has 1 aromatic heterocycles. The molecule has 6 heteroatoms. The van der Waals surface area contributed by atoms with Gasteiger partial charge in [-0.2, -0.15) is 0 Å². The summed E-state index contributed by atoms with van der Waals surface area (Å²) in [5, 5.41) is 5.83. The largest absolute Gasteiger partial charge is 0.323 e. The molecule has 0 aliphatic carbocycles. The van der Waals surface area contributed by atoms with Gasteiger partial charge in [-0.25, -0.2) is 14.4 Å². The molecule has 2 aromatic carbocycles. The molecule has 0 aliphatic rings. The third-order valence-electron chi connectivity index (χ3n) is 3.50. The van der Waals surface area contributed by atoms with Crippen LogP contribution < -0.4 is 10.6 Å². The molecule has 0 aliphatic heterocycles. The average molecular weight is 336 g/mol. The number of hydrogen-bond acceptors (Lipinski definition) is 4. The van der Waals surface area contributed by atoms with E-state index < -0.39 is 0 Å². The number of hydrogen-bond donors (Lipinski definition) is 2. The van der Waals surface area contributed by atoms with Crippen LogP contribution in [0.2, 0.25) is 0 Å². The summed E-state index contributed by atoms with van der Waals surface area (Å²) < 4.78 is 13.0. The number of halogens is 1. The third kappa shape index (κ3) is 4.17. The predicted molar refractivity (Wildman–Crippen MR) is 95.6 cm³/mol. The second-order valence-corrected chi connectivity index (χ2v) is 5.61. The Kier molecular flexibility index (Phi) is 4.70. The minimum absolute atomic E-state index is 0.306. The lowest BCUT2D eigenvalue weighted by atomic mass is 10.1. The van der Waals surface area contributed by atoms with Crippen molar-refractivity contribution in [1.29, 1.82) is 0 Å². The normalized spacial score (nSPS) is 10.4. The predicted octanol–water partition coefficient (Wildman–Crippen LogP) is 4.23. The molecule has 3 rings (SSSR count). The number of nitrogens with zero attached hydrogens (tertiary/aromatic N) is 2. The number of anilines is 3. The molecule has 126 valence electrons. The molecule has 0 radical (unpaired) electrons. The van der Waals surface area contributed by atoms with E-state index in [2.05, 4.69) is 20.6 Å². The van der Waals surface area contributed by atoms with Gasteiger partial charge in [0.05, 0.1) is 11.3 Å². The van der Waals surface area contributed by atoms with E-state index in [0.717, 1.165) is 11.4 Å². The smallest absolute Gasteiger partial charge is 0.257 e. The second-order valence-electron chi connectivity index (χ2n) is 5.61. The highest BCUT2D eigenvalue weighted by atomic mass is 19.1. The minimum Gasteiger partial charge on any atom is -0.323 e. The molecule has 0 bridgehead atoms. The fourth-order valence-corrected chi connectivity index (χ4v) is 2.42. The monoisotopic (exact) mass is 336 g/mol. The highest BCUT2D eigenvalue weighted by Gasteiger charge is 2.12. The Morgan fingerprint density at radius 2 is 1.60 bits per heavy atom. The standard InChI is InChI=1S/C19H17FN4O/c1-12-11-13(2)22-19(21-12)24-17-6-4-3-5-16(17)18(25)23-15-9-7-14(20)8-10-15/h3-11H,1-2H3,(H,23,25)(H,21,22,24). The van der Waals surface area contributed by atoms with Crippen molar-refractivity contribution in [3.05, 3.63) is 77.4 Å². The van der Waals surface area contributed by atoms with Crippen molar-refractivity contribution in [1.82, 2.24) is 9.97 Å². The Morgan fingerprint density at radius 3 is 2.28 bits per heavy atom. The third-order valence-corrected chi connectivity index (χ3v) is 3.50. The second kappa shape index (κ2) is 7.09. The summed E-state index contributed by atoms with van der Waals surface area (Å²) >= 11 is 0. The lowest BCUT2D eigenvalue weighted by molar-refractivity contribution is 0.102. The van der Waals surface area contributed by atoms with Crippen molar-refractivity contribution < 1.29 is 9.18 Å². The molecule has 0 atom stereocenters. The Hall–Kier alpha value is -3.28. The summed E-state index contributed by atoms with van der Waals surface area (Å²) in [6, 6.07) is 14.6. The maximum absolute atomic E-state index is 13.0. The van der Waals surface area contributed by atoms with E-state index in [1.54, 1.807) is 18.2 Å². The first-order chi connectivity index (χ1) is 12.0. The van der Waals surface area contributed by atoms with Gasteiger partial charge in [0.1, 0.15) is 5.82 Å². The van der Waals surface area contributed by atoms with Crippen molar-refractivity contribution in [3.63, 3.8) is 0 Å². The number of rotatable bonds is 4. The summed E-state index contributed by atoms with van der Waals surface area (Å²) in [4.78, 5) is 21.2. The highest BCUT2D eigenvalue weighted by molar-refractivity contribution is 6.08. The van der Waals surface area contributed by atoms with E-state index in [9.17, 15) is 9.18 Å². The van der Waals surface area contributed by atoms with Crippen LogP contribution in [-0.4, -0.2) is 15.9 Å². The van der Waals surface area contributed by atoms with Gasteiger partial charge in [-0.3, -0.25) is 4.79 Å². The van der Waals surface area contributed by atoms with Gasteiger partial charge in [0.15, 0.2) is 0 Å². The lowest BCUT2D eigenvalue weighted by Crippen LogP contribution is -2.14. The van der Waals surface area contributed by atoms with Crippen LogP contribution in [0.3, 0.4) is 0 Å². The van der Waals surface area contributed by atoms with Gasteiger partial charge in [-0.1, -0.05) is 12.1 Å². The minimum atomic E-state index is -0.355. The van der Waals surface area contributed by atoms with Gasteiger partial charge in [0.25, 0.3) is 5.91 Å². The number of nitrogens with one attached hydrogen (secondary N) is 2. The first-order valence-corrected chi connectivity index (χ1v) is 7.76. The van der Waals surface area contributed by atoms with Gasteiger partial charge in [-0.15, -0.1) is 0 Å². The van der Waals surface area contributed by atoms with E-state index in [1.807, 2.05) is 26.0 Å². The first kappa shape index (κ1) is 16.6. The van der Waals surface area contributed by atoms with E-state index in [-0.39, 0.29) is 11.7 Å². The summed E-state index contributed by atoms with van der Waals surface area (Å²) in [6.45, 7) is 3.76. The molecule has 5 nitrogen and oxygen atoms in total. The number of aromatic nitrogens is 2. The molecule has 1 heterocycles. The number of para-hydroxylation sites is 1. The summed E-state index contributed by atoms with van der Waals surface area (Å²) in [7, 11) is 0. The average Bonchev–Trinajstić information content (AvgIpc) is 2.56. The highest BCUT2D eigenvalue weighted by Crippen LogP contribution is 2.21. The van der Waals surface area contributed by atoms with E-state index >= 15 is 0 Å². The van der Waals surface area contributed by atoms with Crippen molar-refractivity contribution in [3.8, 4) is 0 Å². The van der Waals surface area contributed by atoms with Crippen LogP contribution in [-0.2, 0) is 0 Å². The zero-order valence-corrected chi connectivity index (χ0v) is 13.9. The summed E-state index contributed by atoms with van der Waals surface area (Å²) in [5.74, 6) is -0.231. The summed E-state index contributed by atoms with van der Waals surface area (Å²) in [5.41, 5.74) is 3.22. The molecule has 0 saturated heterocycles. The molecule has 1 amide bonds. The Balaban J connectivity index is 1.84. The summed E-state index contributed by atoms with van der Waals surface area (Å²) in [6.07, 6.45) is 0. The molecule has 0 unspecified atom stereocenters. The SMILES string of the molecule is Cc1cc(C)nc(Nc2ccccc2C(=O)Nc2ccc(F)cc2)n1. The van der Waals surface area contributed by atoms with Gasteiger partial charge in [0.2, 0.25) is 5.95 Å². The van der Waals surface area contributed by atoms with Crippen molar-refractivity contribution >= 4 is 23.2 Å². The number of aryl methyl sites for hydroxylation is 2. The Bertz CT molecular complexity index is 889. The topological polar surface area (TPSA) is 66.9 Å². The number of carbonyl (C=O) groups excluding carboxylic acids is 1. The van der Waals surface area contributed by atoms with Gasteiger partial charge in [0, 0.05) is 17.1 Å². The van der Waals surface area contributed by atoms with Crippen LogP contribution in [0.25, 0.3) is 0 Å². The van der Waals surface area contributed by atoms with Gasteiger partial charge >= 0.3 is 0 Å². The molecule has 0 saturated carbocycles. The molecule has 25 heavy (non-hydrogen) atoms. The zero-order valence-electron chi connectivity index (χ0n) is 13.9. The maximum atomic E-state index is 13.0. The molecule has 0 spiro atoms. The van der Waals surface area contributed by atoms with Crippen LogP contribution in [0.15, 0.2) is 54.6 Å². The van der Waals surface area contributed by atoms with Crippen LogP contribution in [0, 0.1) is 19.7 Å². The maximum Gasteiger partial charge on any atom is 0.257 e. The fraction of sp³-hybridized carbons (Fsp3) is 0.105. The Morgan fingerprint density at radius 1 is 0.960 bits per heavy atom. The lowest BCUT2D eigenvalue weighted by Gasteiger charge is -2.12. The van der Waals surface area contributed by atoms with Gasteiger partial charge < -0.3 is 10.6 Å². The molecule has 3 aromatic rings. The number of amides is 1. The first-order valence-electron chi connectivity index (χ1n) is 7.76. The van der Waals surface area contributed by atoms with Crippen LogP contribution in [0.5, 0.6) is 0 Å². The van der Waals surface area contributed by atoms with E-state index in [0.29, 0.717) is 22.9 Å². The van der Waals surface area contributed by atoms with Crippen molar-refractivity contribution in [2.45, 2.75) is 13.8 Å². The molecular weight excluding hydrogens is 319 g/mol. The van der Waals surface area contributed by atoms with Crippen LogP contribution >= 0.6 is 0 Å². The van der Waals surface area contributed by atoms with Crippen molar-refractivity contribution in [2.75, 3.05) is 10.6 Å². The van der Waals surface area contributed by atoms with E-state index in [1.165, 1.54) is 24.3 Å². The number of carbonyl (C=O) groups is 1. The van der Waals surface area contributed by atoms with Crippen LogP contribution in [0.1, 0.15) is 21.7 Å². The Labute approximate surface area is 145 Å². The number of benzene rings is 2. The fourth-order valence-electron chi connectivity index (χ4n) is 2.42. The van der Waals surface area contributed by atoms with Crippen LogP contribution in [0.4, 0.5) is 21.7 Å².